The summed E-state index contributed by atoms with van der Waals surface area (Å²) >= 11 is 0. The lowest BCUT2D eigenvalue weighted by molar-refractivity contribution is -0.384. The molecule has 2 amide bonds. The second-order valence-corrected chi connectivity index (χ2v) is 2.43. The summed E-state index contributed by atoms with van der Waals surface area (Å²) in [5.41, 5.74) is 0.447. The predicted molar refractivity (Wildman–Crippen MR) is 50.6 cm³/mol. The highest BCUT2D eigenvalue weighted by Gasteiger charge is 2.04. The number of carbonyl (C=O) groups excluding carboxylic acids is 1. The van der Waals surface area contributed by atoms with Crippen molar-refractivity contribution in [2.75, 3.05) is 5.32 Å². The van der Waals surface area contributed by atoms with Crippen molar-refractivity contribution in [3.05, 3.63) is 41.4 Å². The number of nitrogens with one attached hydrogen (secondary N) is 2. The molecule has 1 aromatic carbocycles. The SMILES string of the molecule is [CH2]NC(=O)Nc1ccc([N+](=O)[O-])cc1. The maximum absolute atomic E-state index is 10.8. The molecule has 1 rings (SSSR count). The first-order valence-electron chi connectivity index (χ1n) is 3.72. The molecule has 0 aromatic heterocycles. The summed E-state index contributed by atoms with van der Waals surface area (Å²) in [6.07, 6.45) is 0. The van der Waals surface area contributed by atoms with Gasteiger partial charge in [-0.15, -0.1) is 0 Å². The molecule has 0 bridgehead atoms. The minimum Gasteiger partial charge on any atom is -0.336 e. The smallest absolute Gasteiger partial charge is 0.319 e. The Bertz CT molecular complexity index is 347. The molecule has 0 aliphatic heterocycles. The van der Waals surface area contributed by atoms with E-state index in [1.807, 2.05) is 0 Å². The fraction of sp³-hybridized carbons (Fsp3) is 0. The van der Waals surface area contributed by atoms with E-state index in [1.165, 1.54) is 24.3 Å². The van der Waals surface area contributed by atoms with E-state index in [1.54, 1.807) is 0 Å². The van der Waals surface area contributed by atoms with Crippen molar-refractivity contribution >= 4 is 17.4 Å². The van der Waals surface area contributed by atoms with Crippen LogP contribution in [0, 0.1) is 17.2 Å². The normalized spacial score (nSPS) is 9.21. The average Bonchev–Trinajstić information content (AvgIpc) is 2.18. The molecular formula is C8H8N3O3. The first kappa shape index (κ1) is 9.97. The maximum Gasteiger partial charge on any atom is 0.319 e. The number of nitrogens with zero attached hydrogens (tertiary/aromatic N) is 1. The van der Waals surface area contributed by atoms with Gasteiger partial charge in [-0.3, -0.25) is 10.1 Å². The molecule has 0 saturated heterocycles. The first-order chi connectivity index (χ1) is 6.63. The molecule has 6 nitrogen and oxygen atoms in total. The number of benzene rings is 1. The third-order valence-corrected chi connectivity index (χ3v) is 1.50. The number of carbonyl (C=O) groups is 1. The van der Waals surface area contributed by atoms with Crippen LogP contribution in [0.15, 0.2) is 24.3 Å². The van der Waals surface area contributed by atoms with Gasteiger partial charge < -0.3 is 10.6 Å². The molecule has 0 atom stereocenters. The number of amides is 2. The van der Waals surface area contributed by atoms with E-state index in [2.05, 4.69) is 17.7 Å². The Labute approximate surface area is 80.1 Å². The highest BCUT2D eigenvalue weighted by atomic mass is 16.6. The Morgan fingerprint density at radius 1 is 1.36 bits per heavy atom. The molecule has 0 unspecified atom stereocenters. The van der Waals surface area contributed by atoms with E-state index in [9.17, 15) is 14.9 Å². The standard InChI is InChI=1S/C8H8N3O3/c1-9-8(12)10-6-2-4-7(5-3-6)11(13)14/h2-5H,1H2,(H2,9,10,12). The van der Waals surface area contributed by atoms with Crippen LogP contribution in [0.1, 0.15) is 0 Å². The Morgan fingerprint density at radius 3 is 2.36 bits per heavy atom. The highest BCUT2D eigenvalue weighted by Crippen LogP contribution is 2.14. The largest absolute Gasteiger partial charge is 0.336 e. The van der Waals surface area contributed by atoms with E-state index in [0.717, 1.165) is 0 Å². The summed E-state index contributed by atoms with van der Waals surface area (Å²) in [7, 11) is 3.16. The van der Waals surface area contributed by atoms with Gasteiger partial charge in [-0.1, -0.05) is 0 Å². The van der Waals surface area contributed by atoms with Crippen molar-refractivity contribution in [1.29, 1.82) is 0 Å². The number of anilines is 1. The Kier molecular flexibility index (Phi) is 3.01. The van der Waals surface area contributed by atoms with Crippen LogP contribution < -0.4 is 10.6 Å². The number of urea groups is 1. The lowest BCUT2D eigenvalue weighted by Gasteiger charge is -2.02. The van der Waals surface area contributed by atoms with Crippen molar-refractivity contribution in [3.8, 4) is 0 Å². The number of non-ortho nitro benzene ring substituents is 1. The van der Waals surface area contributed by atoms with Gasteiger partial charge in [0, 0.05) is 24.9 Å². The third kappa shape index (κ3) is 2.44. The van der Waals surface area contributed by atoms with Gasteiger partial charge in [-0.05, 0) is 12.1 Å². The highest BCUT2D eigenvalue weighted by molar-refractivity contribution is 5.89. The molecule has 1 aromatic rings. The van der Waals surface area contributed by atoms with Crippen LogP contribution in [-0.4, -0.2) is 11.0 Å². The van der Waals surface area contributed by atoms with Crippen molar-refractivity contribution in [2.45, 2.75) is 0 Å². The van der Waals surface area contributed by atoms with Gasteiger partial charge in [0.1, 0.15) is 0 Å². The van der Waals surface area contributed by atoms with Gasteiger partial charge >= 0.3 is 6.03 Å². The van der Waals surface area contributed by atoms with Crippen LogP contribution in [0.2, 0.25) is 0 Å². The molecule has 2 N–H and O–H groups in total. The quantitative estimate of drug-likeness (QED) is 0.552. The number of nitro groups is 1. The zero-order chi connectivity index (χ0) is 10.6. The number of nitro benzene ring substituents is 1. The third-order valence-electron chi connectivity index (χ3n) is 1.50. The van der Waals surface area contributed by atoms with Crippen LogP contribution in [0.5, 0.6) is 0 Å². The Balaban J connectivity index is 2.73. The van der Waals surface area contributed by atoms with Crippen LogP contribution >= 0.6 is 0 Å². The lowest BCUT2D eigenvalue weighted by Crippen LogP contribution is -2.22. The molecule has 14 heavy (non-hydrogen) atoms. The Hall–Kier alpha value is -2.11. The number of hydrogen-bond acceptors (Lipinski definition) is 3. The zero-order valence-electron chi connectivity index (χ0n) is 7.19. The number of rotatable bonds is 2. The second-order valence-electron chi connectivity index (χ2n) is 2.43. The average molecular weight is 194 g/mol. The van der Waals surface area contributed by atoms with E-state index < -0.39 is 11.0 Å². The summed E-state index contributed by atoms with van der Waals surface area (Å²) in [5.74, 6) is 0. The fourth-order valence-electron chi connectivity index (χ4n) is 0.842. The molecule has 0 aliphatic carbocycles. The van der Waals surface area contributed by atoms with Gasteiger partial charge in [0.05, 0.1) is 4.92 Å². The lowest BCUT2D eigenvalue weighted by atomic mass is 10.3. The summed E-state index contributed by atoms with van der Waals surface area (Å²) in [4.78, 5) is 20.6. The minimum absolute atomic E-state index is 0.0226. The molecule has 0 spiro atoms. The summed E-state index contributed by atoms with van der Waals surface area (Å²) in [6.45, 7) is 0. The van der Waals surface area contributed by atoms with Crippen molar-refractivity contribution in [2.24, 2.45) is 0 Å². The molecule has 0 fully saturated rings. The van der Waals surface area contributed by atoms with E-state index >= 15 is 0 Å². The van der Waals surface area contributed by atoms with Gasteiger partial charge in [0.25, 0.3) is 5.69 Å². The summed E-state index contributed by atoms with van der Waals surface area (Å²) < 4.78 is 0. The Morgan fingerprint density at radius 2 is 1.93 bits per heavy atom. The van der Waals surface area contributed by atoms with Gasteiger partial charge in [0.15, 0.2) is 0 Å². The monoisotopic (exact) mass is 194 g/mol. The zero-order valence-corrected chi connectivity index (χ0v) is 7.19. The summed E-state index contributed by atoms with van der Waals surface area (Å²) in [6, 6.07) is 5.01. The predicted octanol–water partition coefficient (Wildman–Crippen LogP) is 1.51. The van der Waals surface area contributed by atoms with Crippen molar-refractivity contribution in [1.82, 2.24) is 5.32 Å². The summed E-state index contributed by atoms with van der Waals surface area (Å²) in [5, 5.41) is 14.8. The molecule has 1 radical (unpaired) electrons. The topological polar surface area (TPSA) is 84.3 Å². The van der Waals surface area contributed by atoms with Crippen LogP contribution in [-0.2, 0) is 0 Å². The molecule has 6 heteroatoms. The minimum atomic E-state index is -0.509. The fourth-order valence-corrected chi connectivity index (χ4v) is 0.842. The maximum atomic E-state index is 10.8. The van der Waals surface area contributed by atoms with E-state index in [0.29, 0.717) is 5.69 Å². The molecule has 0 saturated carbocycles. The van der Waals surface area contributed by atoms with Crippen molar-refractivity contribution < 1.29 is 9.72 Å². The number of hydrogen-bond donors (Lipinski definition) is 2. The van der Waals surface area contributed by atoms with Crippen LogP contribution in [0.25, 0.3) is 0 Å². The van der Waals surface area contributed by atoms with Gasteiger partial charge in [0.2, 0.25) is 0 Å². The molecular weight excluding hydrogens is 186 g/mol. The van der Waals surface area contributed by atoms with Gasteiger partial charge in [-0.2, -0.15) is 0 Å². The molecule has 0 aliphatic rings. The molecule has 73 valence electrons. The van der Waals surface area contributed by atoms with Crippen molar-refractivity contribution in [3.63, 3.8) is 0 Å². The van der Waals surface area contributed by atoms with E-state index in [-0.39, 0.29) is 5.69 Å². The first-order valence-corrected chi connectivity index (χ1v) is 3.72. The molecule has 0 heterocycles. The second kappa shape index (κ2) is 4.22. The van der Waals surface area contributed by atoms with Crippen LogP contribution in [0.4, 0.5) is 16.2 Å². The van der Waals surface area contributed by atoms with Gasteiger partial charge in [-0.25, -0.2) is 4.79 Å². The van der Waals surface area contributed by atoms with Crippen LogP contribution in [0.3, 0.4) is 0 Å². The van der Waals surface area contributed by atoms with E-state index in [4.69, 9.17) is 0 Å².